The van der Waals surface area contributed by atoms with Crippen LogP contribution in [0.5, 0.6) is 5.75 Å². The molecule has 1 aromatic heterocycles. The Bertz CT molecular complexity index is 929. The van der Waals surface area contributed by atoms with Gasteiger partial charge in [0.15, 0.2) is 0 Å². The Hall–Kier alpha value is -2.82. The number of amides is 1. The van der Waals surface area contributed by atoms with Crippen LogP contribution in [0.15, 0.2) is 48.5 Å². The molecule has 2 aromatic carbocycles. The molecular weight excluding hydrogens is 362 g/mol. The smallest absolute Gasteiger partial charge is 0.222 e. The van der Waals surface area contributed by atoms with E-state index in [1.807, 2.05) is 32.0 Å². The maximum Gasteiger partial charge on any atom is 0.222 e. The molecule has 0 unspecified atom stereocenters. The van der Waals surface area contributed by atoms with E-state index in [0.29, 0.717) is 0 Å². The van der Waals surface area contributed by atoms with Crippen LogP contribution in [0.25, 0.3) is 11.0 Å². The molecule has 5 heteroatoms. The second kappa shape index (κ2) is 10.1. The Morgan fingerprint density at radius 1 is 1.07 bits per heavy atom. The van der Waals surface area contributed by atoms with Crippen LogP contribution in [0.4, 0.5) is 0 Å². The van der Waals surface area contributed by atoms with E-state index in [0.717, 1.165) is 55.9 Å². The first-order chi connectivity index (χ1) is 14.1. The minimum absolute atomic E-state index is 0.0489. The van der Waals surface area contributed by atoms with E-state index < -0.39 is 0 Å². The third kappa shape index (κ3) is 5.59. The number of rotatable bonds is 10. The van der Waals surface area contributed by atoms with Gasteiger partial charge in [0.2, 0.25) is 5.91 Å². The van der Waals surface area contributed by atoms with Crippen LogP contribution < -0.4 is 10.1 Å². The summed E-state index contributed by atoms with van der Waals surface area (Å²) in [5.41, 5.74) is 3.44. The molecule has 0 aliphatic heterocycles. The van der Waals surface area contributed by atoms with Gasteiger partial charge in [-0.1, -0.05) is 44.5 Å². The van der Waals surface area contributed by atoms with E-state index >= 15 is 0 Å². The van der Waals surface area contributed by atoms with Gasteiger partial charge in [0.05, 0.1) is 18.1 Å². The number of fused-ring (bicyclic) bond motifs is 1. The first-order valence-electron chi connectivity index (χ1n) is 10.4. The van der Waals surface area contributed by atoms with Gasteiger partial charge in [-0.15, -0.1) is 0 Å². The second-order valence-electron chi connectivity index (χ2n) is 7.71. The van der Waals surface area contributed by atoms with Crippen molar-refractivity contribution in [2.24, 2.45) is 5.92 Å². The third-order valence-electron chi connectivity index (χ3n) is 5.13. The summed E-state index contributed by atoms with van der Waals surface area (Å²) in [6.07, 6.45) is 4.06. The summed E-state index contributed by atoms with van der Waals surface area (Å²) >= 11 is 0. The number of benzene rings is 2. The molecule has 0 radical (unpaired) electrons. The number of methoxy groups -OCH3 is 1. The zero-order chi connectivity index (χ0) is 20.6. The van der Waals surface area contributed by atoms with E-state index in [2.05, 4.69) is 40.2 Å². The fourth-order valence-corrected chi connectivity index (χ4v) is 3.41. The third-order valence-corrected chi connectivity index (χ3v) is 5.13. The van der Waals surface area contributed by atoms with Crippen LogP contribution in [-0.4, -0.2) is 29.1 Å². The molecule has 0 saturated heterocycles. The maximum atomic E-state index is 11.6. The van der Waals surface area contributed by atoms with Gasteiger partial charge < -0.3 is 14.6 Å². The summed E-state index contributed by atoms with van der Waals surface area (Å²) in [4.78, 5) is 16.5. The average Bonchev–Trinajstić information content (AvgIpc) is 3.08. The molecular formula is C24H31N3O2. The number of para-hydroxylation sites is 2. The highest BCUT2D eigenvalue weighted by molar-refractivity contribution is 5.77. The molecule has 154 valence electrons. The number of nitrogens with zero attached hydrogens (tertiary/aromatic N) is 2. The van der Waals surface area contributed by atoms with Gasteiger partial charge >= 0.3 is 0 Å². The zero-order valence-corrected chi connectivity index (χ0v) is 17.6. The summed E-state index contributed by atoms with van der Waals surface area (Å²) in [6, 6.07) is 16.5. The first-order valence-corrected chi connectivity index (χ1v) is 10.4. The van der Waals surface area contributed by atoms with Crippen molar-refractivity contribution in [1.82, 2.24) is 14.9 Å². The molecule has 0 fully saturated rings. The molecule has 3 rings (SSSR count). The largest absolute Gasteiger partial charge is 0.497 e. The number of aryl methyl sites for hydroxylation is 1. The van der Waals surface area contributed by atoms with E-state index in [1.165, 1.54) is 11.1 Å². The number of carbonyl (C=O) groups is 1. The van der Waals surface area contributed by atoms with Crippen LogP contribution in [0.3, 0.4) is 0 Å². The zero-order valence-electron chi connectivity index (χ0n) is 17.6. The minimum atomic E-state index is 0.0489. The van der Waals surface area contributed by atoms with Crippen LogP contribution in [0.2, 0.25) is 0 Å². The summed E-state index contributed by atoms with van der Waals surface area (Å²) in [7, 11) is 1.69. The highest BCUT2D eigenvalue weighted by atomic mass is 16.5. The molecule has 0 atom stereocenters. The van der Waals surface area contributed by atoms with Gasteiger partial charge in [0, 0.05) is 25.4 Å². The number of imidazole rings is 1. The van der Waals surface area contributed by atoms with Gasteiger partial charge in [-0.3, -0.25) is 4.79 Å². The number of nitrogens with one attached hydrogen (secondary N) is 1. The SMILES string of the molecule is COc1ccc(Cn2c(CCCCCNC(=O)C(C)C)nc3ccccc32)cc1. The second-order valence-corrected chi connectivity index (χ2v) is 7.71. The van der Waals surface area contributed by atoms with Crippen LogP contribution in [-0.2, 0) is 17.8 Å². The molecule has 0 aliphatic carbocycles. The summed E-state index contributed by atoms with van der Waals surface area (Å²) in [5.74, 6) is 2.17. The summed E-state index contributed by atoms with van der Waals surface area (Å²) in [6.45, 7) is 5.38. The number of hydrogen-bond acceptors (Lipinski definition) is 3. The molecule has 1 amide bonds. The molecule has 0 spiro atoms. The van der Waals surface area contributed by atoms with Crippen molar-refractivity contribution in [2.75, 3.05) is 13.7 Å². The van der Waals surface area contributed by atoms with Crippen molar-refractivity contribution in [1.29, 1.82) is 0 Å². The van der Waals surface area contributed by atoms with Crippen LogP contribution >= 0.6 is 0 Å². The van der Waals surface area contributed by atoms with Gasteiger partial charge in [-0.05, 0) is 42.7 Å². The van der Waals surface area contributed by atoms with E-state index in [9.17, 15) is 4.79 Å². The van der Waals surface area contributed by atoms with Crippen molar-refractivity contribution in [3.05, 3.63) is 59.9 Å². The molecule has 1 heterocycles. The quantitative estimate of drug-likeness (QED) is 0.513. The molecule has 3 aromatic rings. The first kappa shape index (κ1) is 20.9. The molecule has 1 N–H and O–H groups in total. The Morgan fingerprint density at radius 3 is 2.55 bits per heavy atom. The van der Waals surface area contributed by atoms with E-state index in [1.54, 1.807) is 7.11 Å². The van der Waals surface area contributed by atoms with Crippen molar-refractivity contribution < 1.29 is 9.53 Å². The summed E-state index contributed by atoms with van der Waals surface area (Å²) < 4.78 is 7.58. The van der Waals surface area contributed by atoms with Crippen LogP contribution in [0.1, 0.15) is 44.5 Å². The van der Waals surface area contributed by atoms with Crippen molar-refractivity contribution in [3.8, 4) is 5.75 Å². The molecule has 0 aliphatic rings. The average molecular weight is 394 g/mol. The number of aromatic nitrogens is 2. The fraction of sp³-hybridized carbons (Fsp3) is 0.417. The van der Waals surface area contributed by atoms with Crippen molar-refractivity contribution in [2.45, 2.75) is 46.1 Å². The predicted octanol–water partition coefficient (Wildman–Crippen LogP) is 4.58. The number of unbranched alkanes of at least 4 members (excludes halogenated alkanes) is 2. The Balaban J connectivity index is 1.63. The summed E-state index contributed by atoms with van der Waals surface area (Å²) in [5, 5.41) is 2.99. The highest BCUT2D eigenvalue weighted by Crippen LogP contribution is 2.20. The van der Waals surface area contributed by atoms with Gasteiger partial charge in [-0.25, -0.2) is 4.98 Å². The Morgan fingerprint density at radius 2 is 1.83 bits per heavy atom. The molecule has 5 nitrogen and oxygen atoms in total. The normalized spacial score (nSPS) is 11.2. The lowest BCUT2D eigenvalue weighted by molar-refractivity contribution is -0.123. The predicted molar refractivity (Wildman–Crippen MR) is 117 cm³/mol. The molecule has 29 heavy (non-hydrogen) atoms. The fourth-order valence-electron chi connectivity index (χ4n) is 3.41. The number of hydrogen-bond donors (Lipinski definition) is 1. The van der Waals surface area contributed by atoms with Crippen molar-refractivity contribution in [3.63, 3.8) is 0 Å². The van der Waals surface area contributed by atoms with Gasteiger partial charge in [0.25, 0.3) is 0 Å². The monoisotopic (exact) mass is 393 g/mol. The number of carbonyl (C=O) groups excluding carboxylic acids is 1. The topological polar surface area (TPSA) is 56.1 Å². The Kier molecular flexibility index (Phi) is 7.28. The molecule has 0 bridgehead atoms. The van der Waals surface area contributed by atoms with Gasteiger partial charge in [-0.2, -0.15) is 0 Å². The standard InChI is InChI=1S/C24H31N3O2/c1-18(2)24(28)25-16-8-4-5-11-23-26-21-9-6-7-10-22(21)27(23)17-19-12-14-20(29-3)15-13-19/h6-7,9-10,12-15,18H,4-5,8,11,16-17H2,1-3H3,(H,25,28). The minimum Gasteiger partial charge on any atom is -0.497 e. The lowest BCUT2D eigenvalue weighted by atomic mass is 10.1. The highest BCUT2D eigenvalue weighted by Gasteiger charge is 2.11. The van der Waals surface area contributed by atoms with E-state index in [4.69, 9.17) is 9.72 Å². The maximum absolute atomic E-state index is 11.6. The van der Waals surface area contributed by atoms with Crippen LogP contribution in [0, 0.1) is 5.92 Å². The lowest BCUT2D eigenvalue weighted by Crippen LogP contribution is -2.28. The van der Waals surface area contributed by atoms with E-state index in [-0.39, 0.29) is 11.8 Å². The lowest BCUT2D eigenvalue weighted by Gasteiger charge is -2.11. The van der Waals surface area contributed by atoms with Gasteiger partial charge in [0.1, 0.15) is 11.6 Å². The number of ether oxygens (including phenoxy) is 1. The molecule has 0 saturated carbocycles. The van der Waals surface area contributed by atoms with Crippen molar-refractivity contribution >= 4 is 16.9 Å². The Labute approximate surface area is 173 Å².